The molecular formula is C16H24N2O. The quantitative estimate of drug-likeness (QED) is 0.900. The zero-order valence-corrected chi connectivity index (χ0v) is 12.1. The van der Waals surface area contributed by atoms with E-state index in [2.05, 4.69) is 12.2 Å². The van der Waals surface area contributed by atoms with Crippen LogP contribution in [0.5, 0.6) is 0 Å². The molecule has 1 aromatic carbocycles. The Labute approximate surface area is 116 Å². The van der Waals surface area contributed by atoms with Crippen molar-refractivity contribution < 1.29 is 4.79 Å². The van der Waals surface area contributed by atoms with E-state index in [-0.39, 0.29) is 5.91 Å². The lowest BCUT2D eigenvalue weighted by atomic mass is 9.83. The average Bonchev–Trinajstić information content (AvgIpc) is 2.94. The Morgan fingerprint density at radius 3 is 2.58 bits per heavy atom. The lowest BCUT2D eigenvalue weighted by Gasteiger charge is -2.35. The van der Waals surface area contributed by atoms with Crippen LogP contribution in [0.2, 0.25) is 0 Å². The fourth-order valence-electron chi connectivity index (χ4n) is 2.81. The van der Waals surface area contributed by atoms with E-state index in [9.17, 15) is 4.79 Å². The van der Waals surface area contributed by atoms with Gasteiger partial charge in [-0.25, -0.2) is 0 Å². The van der Waals surface area contributed by atoms with Crippen LogP contribution in [0.4, 0.5) is 0 Å². The Morgan fingerprint density at radius 1 is 1.37 bits per heavy atom. The predicted molar refractivity (Wildman–Crippen MR) is 78.1 cm³/mol. The van der Waals surface area contributed by atoms with Crippen molar-refractivity contribution in [2.24, 2.45) is 0 Å². The summed E-state index contributed by atoms with van der Waals surface area (Å²) in [6, 6.07) is 10.4. The molecule has 0 spiro atoms. The Kier molecular flexibility index (Phi) is 4.25. The van der Waals surface area contributed by atoms with E-state index in [1.54, 1.807) is 0 Å². The van der Waals surface area contributed by atoms with E-state index in [0.717, 1.165) is 31.6 Å². The summed E-state index contributed by atoms with van der Waals surface area (Å²) in [5.41, 5.74) is 0.629. The highest BCUT2D eigenvalue weighted by atomic mass is 16.2. The van der Waals surface area contributed by atoms with Gasteiger partial charge in [-0.1, -0.05) is 30.3 Å². The minimum absolute atomic E-state index is 0.231. The van der Waals surface area contributed by atoms with Gasteiger partial charge in [-0.2, -0.15) is 0 Å². The molecule has 1 unspecified atom stereocenters. The second-order valence-electron chi connectivity index (χ2n) is 5.73. The fourth-order valence-corrected chi connectivity index (χ4v) is 2.81. The molecule has 1 aromatic rings. The molecule has 1 atom stereocenters. The molecule has 1 aliphatic rings. The van der Waals surface area contributed by atoms with Crippen molar-refractivity contribution >= 4 is 5.91 Å². The van der Waals surface area contributed by atoms with Gasteiger partial charge < -0.3 is 10.2 Å². The van der Waals surface area contributed by atoms with Gasteiger partial charge in [0.2, 0.25) is 5.91 Å². The van der Waals surface area contributed by atoms with Gasteiger partial charge in [-0.3, -0.25) is 4.79 Å². The topological polar surface area (TPSA) is 32.3 Å². The van der Waals surface area contributed by atoms with Crippen molar-refractivity contribution in [3.63, 3.8) is 0 Å². The van der Waals surface area contributed by atoms with Crippen molar-refractivity contribution in [1.29, 1.82) is 0 Å². The molecule has 0 radical (unpaired) electrons. The summed E-state index contributed by atoms with van der Waals surface area (Å²) in [4.78, 5) is 14.9. The van der Waals surface area contributed by atoms with Crippen LogP contribution >= 0.6 is 0 Å². The molecule has 0 saturated carbocycles. The van der Waals surface area contributed by atoms with Crippen LogP contribution in [0.25, 0.3) is 0 Å². The largest absolute Gasteiger partial charge is 0.338 e. The van der Waals surface area contributed by atoms with Crippen LogP contribution < -0.4 is 5.32 Å². The van der Waals surface area contributed by atoms with Gasteiger partial charge in [0.25, 0.3) is 0 Å². The summed E-state index contributed by atoms with van der Waals surface area (Å²) < 4.78 is 0. The average molecular weight is 260 g/mol. The number of benzene rings is 1. The zero-order valence-electron chi connectivity index (χ0n) is 12.1. The lowest BCUT2D eigenvalue weighted by Crippen LogP contribution is -2.49. The highest BCUT2D eigenvalue weighted by Gasteiger charge is 2.36. The molecular weight excluding hydrogens is 236 g/mol. The van der Waals surface area contributed by atoms with Crippen LogP contribution in [-0.2, 0) is 10.2 Å². The summed E-state index contributed by atoms with van der Waals surface area (Å²) in [6.45, 7) is 8.83. The van der Waals surface area contributed by atoms with Gasteiger partial charge in [-0.05, 0) is 39.3 Å². The standard InChI is InChI=1S/C16H24N2O/c1-4-18(14-10-11-17-12-14)15(19)16(2,3)13-8-6-5-7-9-13/h5-9,14,17H,4,10-12H2,1-3H3. The summed E-state index contributed by atoms with van der Waals surface area (Å²) in [5.74, 6) is 0.231. The molecule has 0 aromatic heterocycles. The van der Waals surface area contributed by atoms with Gasteiger partial charge in [-0.15, -0.1) is 0 Å². The molecule has 2 rings (SSSR count). The van der Waals surface area contributed by atoms with Gasteiger partial charge in [0, 0.05) is 19.1 Å². The summed E-state index contributed by atoms with van der Waals surface area (Å²) in [7, 11) is 0. The van der Waals surface area contributed by atoms with Crippen molar-refractivity contribution in [2.45, 2.75) is 38.6 Å². The predicted octanol–water partition coefficient (Wildman–Crippen LogP) is 2.17. The summed E-state index contributed by atoms with van der Waals surface area (Å²) in [5, 5.41) is 3.34. The maximum Gasteiger partial charge on any atom is 0.232 e. The molecule has 0 aliphatic carbocycles. The Balaban J connectivity index is 2.21. The van der Waals surface area contributed by atoms with Gasteiger partial charge in [0.1, 0.15) is 0 Å². The molecule has 1 aliphatic heterocycles. The normalized spacial score (nSPS) is 19.4. The maximum atomic E-state index is 12.9. The number of nitrogens with one attached hydrogen (secondary N) is 1. The maximum absolute atomic E-state index is 12.9. The minimum atomic E-state index is -0.458. The number of hydrogen-bond acceptors (Lipinski definition) is 2. The number of amides is 1. The van der Waals surface area contributed by atoms with Crippen molar-refractivity contribution in [2.75, 3.05) is 19.6 Å². The molecule has 0 bridgehead atoms. The number of carbonyl (C=O) groups is 1. The van der Waals surface area contributed by atoms with E-state index in [1.807, 2.05) is 49.1 Å². The first-order chi connectivity index (χ1) is 9.07. The van der Waals surface area contributed by atoms with Gasteiger partial charge >= 0.3 is 0 Å². The van der Waals surface area contributed by atoms with E-state index in [4.69, 9.17) is 0 Å². The molecule has 1 heterocycles. The van der Waals surface area contributed by atoms with Crippen molar-refractivity contribution in [3.8, 4) is 0 Å². The third kappa shape index (κ3) is 2.81. The first-order valence-corrected chi connectivity index (χ1v) is 7.14. The van der Waals surface area contributed by atoms with Crippen LogP contribution in [0, 0.1) is 0 Å². The Morgan fingerprint density at radius 2 is 2.05 bits per heavy atom. The Hall–Kier alpha value is -1.35. The molecule has 1 amide bonds. The molecule has 1 saturated heterocycles. The number of hydrogen-bond donors (Lipinski definition) is 1. The van der Waals surface area contributed by atoms with Crippen LogP contribution in [0.1, 0.15) is 32.8 Å². The molecule has 1 fully saturated rings. The second kappa shape index (κ2) is 5.74. The van der Waals surface area contributed by atoms with Crippen molar-refractivity contribution in [1.82, 2.24) is 10.2 Å². The van der Waals surface area contributed by atoms with E-state index < -0.39 is 5.41 Å². The van der Waals surface area contributed by atoms with Gasteiger partial charge in [0.15, 0.2) is 0 Å². The molecule has 3 nitrogen and oxygen atoms in total. The summed E-state index contributed by atoms with van der Waals surface area (Å²) in [6.07, 6.45) is 1.06. The SMILES string of the molecule is CCN(C(=O)C(C)(C)c1ccccc1)C1CCNC1. The number of nitrogens with zero attached hydrogens (tertiary/aromatic N) is 1. The first-order valence-electron chi connectivity index (χ1n) is 7.14. The van der Waals surface area contributed by atoms with Crippen molar-refractivity contribution in [3.05, 3.63) is 35.9 Å². The smallest absolute Gasteiger partial charge is 0.232 e. The van der Waals surface area contributed by atoms with E-state index in [1.165, 1.54) is 0 Å². The Bertz CT molecular complexity index is 422. The van der Waals surface area contributed by atoms with E-state index in [0.29, 0.717) is 6.04 Å². The minimum Gasteiger partial charge on any atom is -0.338 e. The third-order valence-corrected chi connectivity index (χ3v) is 4.11. The number of carbonyl (C=O) groups excluding carboxylic acids is 1. The third-order valence-electron chi connectivity index (χ3n) is 4.11. The first kappa shape index (κ1) is 14.1. The van der Waals surface area contributed by atoms with Crippen LogP contribution in [0.3, 0.4) is 0 Å². The highest BCUT2D eigenvalue weighted by Crippen LogP contribution is 2.27. The molecule has 1 N–H and O–H groups in total. The molecule has 19 heavy (non-hydrogen) atoms. The second-order valence-corrected chi connectivity index (χ2v) is 5.73. The number of likely N-dealkylation sites (N-methyl/N-ethyl adjacent to an activating group) is 1. The van der Waals surface area contributed by atoms with Crippen LogP contribution in [-0.4, -0.2) is 36.5 Å². The number of rotatable bonds is 4. The summed E-state index contributed by atoms with van der Waals surface area (Å²) >= 11 is 0. The lowest BCUT2D eigenvalue weighted by molar-refractivity contribution is -0.138. The molecule has 3 heteroatoms. The highest BCUT2D eigenvalue weighted by molar-refractivity contribution is 5.87. The molecule has 104 valence electrons. The zero-order chi connectivity index (χ0) is 13.9. The van der Waals surface area contributed by atoms with Gasteiger partial charge in [0.05, 0.1) is 5.41 Å². The van der Waals surface area contributed by atoms with Crippen LogP contribution in [0.15, 0.2) is 30.3 Å². The fraction of sp³-hybridized carbons (Fsp3) is 0.562. The monoisotopic (exact) mass is 260 g/mol. The van der Waals surface area contributed by atoms with E-state index >= 15 is 0 Å².